The van der Waals surface area contributed by atoms with Gasteiger partial charge in [0.25, 0.3) is 5.91 Å². The van der Waals surface area contributed by atoms with Crippen LogP contribution < -0.4 is 14.4 Å². The van der Waals surface area contributed by atoms with Crippen LogP contribution >= 0.6 is 11.6 Å². The maximum Gasteiger partial charge on any atom is 0.418 e. The lowest BCUT2D eigenvalue weighted by molar-refractivity contribution is -0.137. The maximum atomic E-state index is 13.0. The largest absolute Gasteiger partial charge is 0.484 e. The standard InChI is InChI=1S/C17H16ClF3N2O4S/c1-23(28(2,25)26)12-4-6-13(7-5-12)27-10-16(24)22-15-8-3-11(18)9-14(15)17(19,20)21/h3-9H,10H2,1-2H3,(H,22,24). The van der Waals surface area contributed by atoms with E-state index >= 15 is 0 Å². The Bertz CT molecular complexity index is 963. The molecule has 0 fully saturated rings. The van der Waals surface area contributed by atoms with Gasteiger partial charge in [-0.3, -0.25) is 9.10 Å². The molecule has 1 amide bonds. The number of nitrogens with zero attached hydrogens (tertiary/aromatic N) is 1. The van der Waals surface area contributed by atoms with E-state index < -0.39 is 40.0 Å². The van der Waals surface area contributed by atoms with Gasteiger partial charge in [0.2, 0.25) is 10.0 Å². The Hall–Kier alpha value is -2.46. The molecule has 0 aliphatic heterocycles. The van der Waals surface area contributed by atoms with Crippen LogP contribution in [0.3, 0.4) is 0 Å². The fourth-order valence-corrected chi connectivity index (χ4v) is 2.82. The highest BCUT2D eigenvalue weighted by atomic mass is 35.5. The topological polar surface area (TPSA) is 75.7 Å². The van der Waals surface area contributed by atoms with E-state index in [2.05, 4.69) is 5.32 Å². The second-order valence-electron chi connectivity index (χ2n) is 5.75. The van der Waals surface area contributed by atoms with E-state index in [-0.39, 0.29) is 10.8 Å². The van der Waals surface area contributed by atoms with Crippen LogP contribution in [0.15, 0.2) is 42.5 Å². The number of hydrogen-bond acceptors (Lipinski definition) is 4. The minimum absolute atomic E-state index is 0.110. The first-order valence-corrected chi connectivity index (χ1v) is 9.94. The average Bonchev–Trinajstić information content (AvgIpc) is 2.59. The molecular weight excluding hydrogens is 421 g/mol. The number of hydrogen-bond donors (Lipinski definition) is 1. The Kier molecular flexibility index (Phi) is 6.45. The van der Waals surface area contributed by atoms with Crippen LogP contribution in [0.5, 0.6) is 5.75 Å². The molecular formula is C17H16ClF3N2O4S. The van der Waals surface area contributed by atoms with Gasteiger partial charge in [-0.1, -0.05) is 11.6 Å². The lowest BCUT2D eigenvalue weighted by Crippen LogP contribution is -2.24. The molecule has 0 atom stereocenters. The van der Waals surface area contributed by atoms with Crippen molar-refractivity contribution in [3.8, 4) is 5.75 Å². The molecule has 2 aromatic rings. The van der Waals surface area contributed by atoms with Crippen molar-refractivity contribution in [3.63, 3.8) is 0 Å². The van der Waals surface area contributed by atoms with Crippen LogP contribution in [0.4, 0.5) is 24.5 Å². The number of alkyl halides is 3. The molecule has 6 nitrogen and oxygen atoms in total. The van der Waals surface area contributed by atoms with Crippen molar-refractivity contribution in [1.82, 2.24) is 0 Å². The number of sulfonamides is 1. The van der Waals surface area contributed by atoms with Crippen LogP contribution in [0.2, 0.25) is 5.02 Å². The van der Waals surface area contributed by atoms with Gasteiger partial charge in [0.05, 0.1) is 23.2 Å². The van der Waals surface area contributed by atoms with Crippen molar-refractivity contribution < 1.29 is 31.1 Å². The van der Waals surface area contributed by atoms with Crippen LogP contribution in [-0.2, 0) is 21.0 Å². The van der Waals surface area contributed by atoms with Crippen molar-refractivity contribution in [3.05, 3.63) is 53.1 Å². The summed E-state index contributed by atoms with van der Waals surface area (Å²) in [5.74, 6) is -0.557. The molecule has 0 heterocycles. The number of benzene rings is 2. The molecule has 1 N–H and O–H groups in total. The number of amides is 1. The summed E-state index contributed by atoms with van der Waals surface area (Å²) in [6, 6.07) is 8.81. The van der Waals surface area contributed by atoms with Crippen molar-refractivity contribution in [1.29, 1.82) is 0 Å². The molecule has 0 unspecified atom stereocenters. The average molecular weight is 437 g/mol. The van der Waals surface area contributed by atoms with Crippen molar-refractivity contribution in [2.75, 3.05) is 29.5 Å². The first-order chi connectivity index (χ1) is 12.9. The van der Waals surface area contributed by atoms with Gasteiger partial charge in [-0.2, -0.15) is 13.2 Å². The Morgan fingerprint density at radius 3 is 2.32 bits per heavy atom. The summed E-state index contributed by atoms with van der Waals surface area (Å²) in [4.78, 5) is 11.9. The molecule has 2 aromatic carbocycles. The second-order valence-corrected chi connectivity index (χ2v) is 8.20. The van der Waals surface area contributed by atoms with Crippen LogP contribution in [0.1, 0.15) is 5.56 Å². The Morgan fingerprint density at radius 1 is 1.18 bits per heavy atom. The smallest absolute Gasteiger partial charge is 0.418 e. The summed E-state index contributed by atoms with van der Waals surface area (Å²) in [6.45, 7) is -0.540. The SMILES string of the molecule is CN(c1ccc(OCC(=O)Nc2ccc(Cl)cc2C(F)(F)F)cc1)S(C)(=O)=O. The van der Waals surface area contributed by atoms with Crippen LogP contribution in [0, 0.1) is 0 Å². The number of rotatable bonds is 6. The summed E-state index contributed by atoms with van der Waals surface area (Å²) in [5, 5.41) is 2.02. The zero-order valence-electron chi connectivity index (χ0n) is 14.7. The number of carbonyl (C=O) groups is 1. The highest BCUT2D eigenvalue weighted by Crippen LogP contribution is 2.36. The van der Waals surface area contributed by atoms with E-state index in [0.717, 1.165) is 22.7 Å². The van der Waals surface area contributed by atoms with Crippen LogP contribution in [0.25, 0.3) is 0 Å². The van der Waals surface area contributed by atoms with Gasteiger partial charge in [0, 0.05) is 12.1 Å². The predicted molar refractivity (Wildman–Crippen MR) is 100 cm³/mol. The molecule has 0 saturated carbocycles. The second kappa shape index (κ2) is 8.27. The zero-order valence-corrected chi connectivity index (χ0v) is 16.3. The highest BCUT2D eigenvalue weighted by molar-refractivity contribution is 7.92. The molecule has 2 rings (SSSR count). The van der Waals surface area contributed by atoms with Gasteiger partial charge < -0.3 is 10.1 Å². The fraction of sp³-hybridized carbons (Fsp3) is 0.235. The molecule has 11 heteroatoms. The maximum absolute atomic E-state index is 13.0. The lowest BCUT2D eigenvalue weighted by atomic mass is 10.1. The predicted octanol–water partition coefficient (Wildman–Crippen LogP) is 3.77. The summed E-state index contributed by atoms with van der Waals surface area (Å²) < 4.78 is 68.3. The van der Waals surface area contributed by atoms with Gasteiger partial charge in [-0.05, 0) is 42.5 Å². The first-order valence-electron chi connectivity index (χ1n) is 7.71. The van der Waals surface area contributed by atoms with Gasteiger partial charge >= 0.3 is 6.18 Å². The summed E-state index contributed by atoms with van der Waals surface area (Å²) >= 11 is 5.59. The number of anilines is 2. The Morgan fingerprint density at radius 2 is 1.79 bits per heavy atom. The molecule has 0 aromatic heterocycles. The first kappa shape index (κ1) is 21.8. The Labute approximate surface area is 164 Å². The van der Waals surface area contributed by atoms with E-state index in [1.165, 1.54) is 37.4 Å². The number of halogens is 4. The highest BCUT2D eigenvalue weighted by Gasteiger charge is 2.34. The summed E-state index contributed by atoms with van der Waals surface area (Å²) in [6.07, 6.45) is -3.64. The van der Waals surface area contributed by atoms with E-state index in [4.69, 9.17) is 16.3 Å². The molecule has 0 aliphatic carbocycles. The minimum Gasteiger partial charge on any atom is -0.484 e. The summed E-state index contributed by atoms with van der Waals surface area (Å²) in [5.41, 5.74) is -1.12. The third-order valence-electron chi connectivity index (χ3n) is 3.63. The third-order valence-corrected chi connectivity index (χ3v) is 5.07. The monoisotopic (exact) mass is 436 g/mol. The molecule has 152 valence electrons. The van der Waals surface area contributed by atoms with Gasteiger partial charge in [0.15, 0.2) is 6.61 Å². The van der Waals surface area contributed by atoms with Gasteiger partial charge in [-0.25, -0.2) is 8.42 Å². The van der Waals surface area contributed by atoms with Crippen molar-refractivity contribution in [2.24, 2.45) is 0 Å². The lowest BCUT2D eigenvalue weighted by Gasteiger charge is -2.17. The third kappa shape index (κ3) is 5.77. The van der Waals surface area contributed by atoms with Crippen LogP contribution in [-0.4, -0.2) is 34.2 Å². The van der Waals surface area contributed by atoms with E-state index in [0.29, 0.717) is 5.69 Å². The van der Waals surface area contributed by atoms with E-state index in [1.54, 1.807) is 0 Å². The van der Waals surface area contributed by atoms with Gasteiger partial charge in [-0.15, -0.1) is 0 Å². The molecule has 0 saturated heterocycles. The fourth-order valence-electron chi connectivity index (χ4n) is 2.14. The van der Waals surface area contributed by atoms with Gasteiger partial charge in [0.1, 0.15) is 5.75 Å². The molecule has 0 spiro atoms. The zero-order chi connectivity index (χ0) is 21.1. The quantitative estimate of drug-likeness (QED) is 0.748. The molecule has 0 radical (unpaired) electrons. The molecule has 28 heavy (non-hydrogen) atoms. The number of nitrogens with one attached hydrogen (secondary N) is 1. The molecule has 0 bridgehead atoms. The van der Waals surface area contributed by atoms with Crippen molar-refractivity contribution in [2.45, 2.75) is 6.18 Å². The molecule has 0 aliphatic rings. The summed E-state index contributed by atoms with van der Waals surface area (Å²) in [7, 11) is -2.04. The normalized spacial score (nSPS) is 11.8. The number of carbonyl (C=O) groups excluding carboxylic acids is 1. The van der Waals surface area contributed by atoms with E-state index in [1.807, 2.05) is 0 Å². The Balaban J connectivity index is 2.02. The minimum atomic E-state index is -4.68. The van der Waals surface area contributed by atoms with E-state index in [9.17, 15) is 26.4 Å². The number of ether oxygens (including phenoxy) is 1. The van der Waals surface area contributed by atoms with Crippen molar-refractivity contribution >= 4 is 38.9 Å².